The number of aromatic nitrogens is 2. The van der Waals surface area contributed by atoms with Crippen molar-refractivity contribution in [2.45, 2.75) is 39.8 Å². The van der Waals surface area contributed by atoms with Gasteiger partial charge in [-0.25, -0.2) is 0 Å². The van der Waals surface area contributed by atoms with Crippen LogP contribution in [0.5, 0.6) is 0 Å². The van der Waals surface area contributed by atoms with Crippen LogP contribution in [0.3, 0.4) is 0 Å². The molecule has 0 aromatic carbocycles. The van der Waals surface area contributed by atoms with Gasteiger partial charge < -0.3 is 5.32 Å². The summed E-state index contributed by atoms with van der Waals surface area (Å²) in [4.78, 5) is 0. The molecule has 2 rings (SSSR count). The molecule has 18 heavy (non-hydrogen) atoms. The van der Waals surface area contributed by atoms with Crippen LogP contribution < -0.4 is 5.32 Å². The first-order valence-corrected chi connectivity index (χ1v) is 7.48. The number of aryl methyl sites for hydroxylation is 3. The Kier molecular flexibility index (Phi) is 4.96. The lowest BCUT2D eigenvalue weighted by Crippen LogP contribution is -2.13. The van der Waals surface area contributed by atoms with Gasteiger partial charge in [0, 0.05) is 24.8 Å². The quantitative estimate of drug-likeness (QED) is 0.778. The van der Waals surface area contributed by atoms with E-state index in [2.05, 4.69) is 52.0 Å². The lowest BCUT2D eigenvalue weighted by molar-refractivity contribution is 0.609. The fraction of sp³-hybridized carbons (Fsp3) is 0.500. The molecule has 98 valence electrons. The molecule has 0 fully saturated rings. The summed E-state index contributed by atoms with van der Waals surface area (Å²) in [5.74, 6) is 0. The van der Waals surface area contributed by atoms with Crippen molar-refractivity contribution in [2.75, 3.05) is 6.54 Å². The first kappa shape index (κ1) is 13.3. The van der Waals surface area contributed by atoms with Gasteiger partial charge in [0.05, 0.1) is 5.69 Å². The van der Waals surface area contributed by atoms with Crippen molar-refractivity contribution in [2.24, 2.45) is 0 Å². The zero-order chi connectivity index (χ0) is 12.8. The van der Waals surface area contributed by atoms with Crippen molar-refractivity contribution in [3.05, 3.63) is 39.8 Å². The van der Waals surface area contributed by atoms with Gasteiger partial charge in [-0.1, -0.05) is 6.92 Å². The Balaban J connectivity index is 1.87. The Hall–Kier alpha value is -1.13. The van der Waals surface area contributed by atoms with Gasteiger partial charge >= 0.3 is 0 Å². The summed E-state index contributed by atoms with van der Waals surface area (Å²) in [6.07, 6.45) is 4.40. The molecular formula is C14H21N3S. The molecule has 0 saturated carbocycles. The van der Waals surface area contributed by atoms with Crippen molar-refractivity contribution < 1.29 is 0 Å². The number of hydrogen-bond donors (Lipinski definition) is 1. The zero-order valence-electron chi connectivity index (χ0n) is 11.1. The highest BCUT2D eigenvalue weighted by Crippen LogP contribution is 2.09. The smallest absolute Gasteiger partial charge is 0.0638 e. The number of thiophene rings is 1. The van der Waals surface area contributed by atoms with E-state index in [-0.39, 0.29) is 0 Å². The van der Waals surface area contributed by atoms with Gasteiger partial charge in [0.1, 0.15) is 0 Å². The van der Waals surface area contributed by atoms with E-state index in [0.29, 0.717) is 0 Å². The van der Waals surface area contributed by atoms with Crippen LogP contribution in [-0.4, -0.2) is 16.3 Å². The Morgan fingerprint density at radius 2 is 2.33 bits per heavy atom. The predicted octanol–water partition coefficient (Wildman–Crippen LogP) is 3.00. The second kappa shape index (κ2) is 6.71. The Morgan fingerprint density at radius 1 is 1.44 bits per heavy atom. The summed E-state index contributed by atoms with van der Waals surface area (Å²) in [5, 5.41) is 12.3. The maximum Gasteiger partial charge on any atom is 0.0638 e. The van der Waals surface area contributed by atoms with Gasteiger partial charge in [-0.2, -0.15) is 16.4 Å². The van der Waals surface area contributed by atoms with E-state index in [4.69, 9.17) is 0 Å². The Bertz CT molecular complexity index is 459. The summed E-state index contributed by atoms with van der Waals surface area (Å²) >= 11 is 1.76. The lowest BCUT2D eigenvalue weighted by Gasteiger charge is -2.00. The van der Waals surface area contributed by atoms with Crippen LogP contribution in [0.1, 0.15) is 30.2 Å². The number of hydrogen-bond acceptors (Lipinski definition) is 3. The van der Waals surface area contributed by atoms with E-state index >= 15 is 0 Å². The molecule has 0 amide bonds. The molecule has 2 aromatic heterocycles. The molecule has 0 saturated heterocycles. The van der Waals surface area contributed by atoms with Crippen LogP contribution in [0, 0.1) is 6.92 Å². The SMILES string of the molecule is CCCNCc1cn(CCc2ccsc2)nc1C. The second-order valence-electron chi connectivity index (χ2n) is 4.56. The molecule has 2 aromatic rings. The molecule has 0 aliphatic carbocycles. The fourth-order valence-corrected chi connectivity index (χ4v) is 2.63. The van der Waals surface area contributed by atoms with Crippen LogP contribution in [0.2, 0.25) is 0 Å². The molecule has 0 aliphatic rings. The number of nitrogens with zero attached hydrogens (tertiary/aromatic N) is 2. The van der Waals surface area contributed by atoms with Gasteiger partial charge in [-0.3, -0.25) is 4.68 Å². The first-order valence-electron chi connectivity index (χ1n) is 6.54. The highest BCUT2D eigenvalue weighted by molar-refractivity contribution is 7.07. The Morgan fingerprint density at radius 3 is 3.06 bits per heavy atom. The third kappa shape index (κ3) is 3.68. The normalized spacial score (nSPS) is 11.0. The van der Waals surface area contributed by atoms with Crippen molar-refractivity contribution >= 4 is 11.3 Å². The fourth-order valence-electron chi connectivity index (χ4n) is 1.93. The van der Waals surface area contributed by atoms with Crippen LogP contribution in [-0.2, 0) is 19.5 Å². The number of rotatable bonds is 7. The molecule has 0 unspecified atom stereocenters. The standard InChI is InChI=1S/C14H21N3S/c1-3-6-15-9-14-10-17(16-12(14)2)7-4-13-5-8-18-11-13/h5,8,10-11,15H,3-4,6-7,9H2,1-2H3. The van der Waals surface area contributed by atoms with Gasteiger partial charge in [0.2, 0.25) is 0 Å². The van der Waals surface area contributed by atoms with E-state index in [0.717, 1.165) is 31.7 Å². The van der Waals surface area contributed by atoms with Crippen LogP contribution in [0.15, 0.2) is 23.0 Å². The zero-order valence-corrected chi connectivity index (χ0v) is 12.0. The summed E-state index contributed by atoms with van der Waals surface area (Å²) in [6.45, 7) is 7.23. The van der Waals surface area contributed by atoms with E-state index in [1.54, 1.807) is 11.3 Å². The maximum atomic E-state index is 4.57. The third-order valence-corrected chi connectivity index (χ3v) is 3.73. The first-order chi connectivity index (χ1) is 8.79. The minimum atomic E-state index is 0.929. The Labute approximate surface area is 113 Å². The van der Waals surface area contributed by atoms with Gasteiger partial charge in [0.25, 0.3) is 0 Å². The van der Waals surface area contributed by atoms with Crippen LogP contribution in [0.4, 0.5) is 0 Å². The van der Waals surface area contributed by atoms with E-state index in [9.17, 15) is 0 Å². The molecule has 0 bridgehead atoms. The molecule has 2 heterocycles. The molecule has 3 nitrogen and oxygen atoms in total. The number of nitrogens with one attached hydrogen (secondary N) is 1. The maximum absolute atomic E-state index is 4.57. The van der Waals surface area contributed by atoms with E-state index in [1.807, 2.05) is 0 Å². The van der Waals surface area contributed by atoms with Crippen molar-refractivity contribution in [3.8, 4) is 0 Å². The van der Waals surface area contributed by atoms with Crippen LogP contribution >= 0.6 is 11.3 Å². The topological polar surface area (TPSA) is 29.9 Å². The molecule has 0 aliphatic heterocycles. The molecule has 1 N–H and O–H groups in total. The molecule has 0 spiro atoms. The second-order valence-corrected chi connectivity index (χ2v) is 5.34. The molecule has 4 heteroatoms. The highest BCUT2D eigenvalue weighted by Gasteiger charge is 2.04. The summed E-state index contributed by atoms with van der Waals surface area (Å²) in [5.41, 5.74) is 3.86. The van der Waals surface area contributed by atoms with E-state index in [1.165, 1.54) is 17.5 Å². The average molecular weight is 263 g/mol. The minimum absolute atomic E-state index is 0.929. The van der Waals surface area contributed by atoms with Gasteiger partial charge in [-0.05, 0) is 48.7 Å². The molecule has 0 radical (unpaired) electrons. The van der Waals surface area contributed by atoms with Crippen LogP contribution in [0.25, 0.3) is 0 Å². The lowest BCUT2D eigenvalue weighted by atomic mass is 10.2. The van der Waals surface area contributed by atoms with E-state index < -0.39 is 0 Å². The van der Waals surface area contributed by atoms with Crippen molar-refractivity contribution in [1.82, 2.24) is 15.1 Å². The average Bonchev–Trinajstić information content (AvgIpc) is 2.97. The van der Waals surface area contributed by atoms with Crippen molar-refractivity contribution in [1.29, 1.82) is 0 Å². The molecule has 0 atom stereocenters. The molecular weight excluding hydrogens is 242 g/mol. The third-order valence-electron chi connectivity index (χ3n) is 3.00. The largest absolute Gasteiger partial charge is 0.313 e. The predicted molar refractivity (Wildman–Crippen MR) is 77.0 cm³/mol. The van der Waals surface area contributed by atoms with Crippen molar-refractivity contribution in [3.63, 3.8) is 0 Å². The van der Waals surface area contributed by atoms with Gasteiger partial charge in [0.15, 0.2) is 0 Å². The minimum Gasteiger partial charge on any atom is -0.313 e. The summed E-state index contributed by atoms with van der Waals surface area (Å²) < 4.78 is 2.07. The highest BCUT2D eigenvalue weighted by atomic mass is 32.1. The van der Waals surface area contributed by atoms with Gasteiger partial charge in [-0.15, -0.1) is 0 Å². The summed E-state index contributed by atoms with van der Waals surface area (Å²) in [6, 6.07) is 2.19. The monoisotopic (exact) mass is 263 g/mol. The summed E-state index contributed by atoms with van der Waals surface area (Å²) in [7, 11) is 0.